The van der Waals surface area contributed by atoms with Crippen LogP contribution in [-0.2, 0) is 11.2 Å². The second-order valence-corrected chi connectivity index (χ2v) is 9.71. The summed E-state index contributed by atoms with van der Waals surface area (Å²) in [5, 5.41) is 2.93. The fraction of sp³-hybridized carbons (Fsp3) is 0.409. The summed E-state index contributed by atoms with van der Waals surface area (Å²) < 4.78 is 47.4. The summed E-state index contributed by atoms with van der Waals surface area (Å²) in [5.41, 5.74) is 2.74. The number of nitrogens with one attached hydrogen (secondary N) is 1. The van der Waals surface area contributed by atoms with Crippen LogP contribution in [0.15, 0.2) is 42.5 Å². The van der Waals surface area contributed by atoms with Gasteiger partial charge in [-0.25, -0.2) is 0 Å². The van der Waals surface area contributed by atoms with Crippen molar-refractivity contribution < 1.29 is 27.4 Å². The summed E-state index contributed by atoms with van der Waals surface area (Å²) >= 11 is 3.85. The molecule has 0 aromatic heterocycles. The Labute approximate surface area is 188 Å². The number of halogens is 3. The smallest absolute Gasteiger partial charge is 0.422 e. The molecule has 0 radical (unpaired) electrons. The molecule has 0 atom stereocenters. The molecule has 2 aromatic carbocycles. The highest BCUT2D eigenvalue weighted by atomic mass is 32.2. The number of thioether (sulfide) groups is 2. The van der Waals surface area contributed by atoms with Gasteiger partial charge in [-0.3, -0.25) is 4.79 Å². The molecule has 1 aliphatic rings. The van der Waals surface area contributed by atoms with Crippen molar-refractivity contribution in [2.45, 2.75) is 30.0 Å². The Morgan fingerprint density at radius 1 is 1.13 bits per heavy atom. The summed E-state index contributed by atoms with van der Waals surface area (Å²) in [4.78, 5) is 12.4. The lowest BCUT2D eigenvalue weighted by molar-refractivity contribution is -0.153. The van der Waals surface area contributed by atoms with Crippen LogP contribution in [0, 0.1) is 0 Å². The van der Waals surface area contributed by atoms with Crippen molar-refractivity contribution in [1.29, 1.82) is 0 Å². The molecule has 9 heteroatoms. The topological polar surface area (TPSA) is 47.6 Å². The van der Waals surface area contributed by atoms with Crippen LogP contribution in [0.4, 0.5) is 18.9 Å². The van der Waals surface area contributed by atoms with Gasteiger partial charge in [0.15, 0.2) is 18.1 Å². The zero-order valence-electron chi connectivity index (χ0n) is 17.0. The fourth-order valence-electron chi connectivity index (χ4n) is 3.07. The summed E-state index contributed by atoms with van der Waals surface area (Å²) in [6, 6.07) is 12.6. The van der Waals surface area contributed by atoms with Crippen LogP contribution < -0.4 is 14.8 Å². The van der Waals surface area contributed by atoms with Crippen LogP contribution >= 0.6 is 23.5 Å². The number of methoxy groups -OCH3 is 1. The lowest BCUT2D eigenvalue weighted by Gasteiger charge is -2.21. The first-order chi connectivity index (χ1) is 14.8. The number of carbonyl (C=O) groups excluding carboxylic acids is 1. The number of hydrogen-bond donors (Lipinski definition) is 1. The highest BCUT2D eigenvalue weighted by Gasteiger charge is 2.29. The second-order valence-electron chi connectivity index (χ2n) is 6.99. The minimum absolute atomic E-state index is 0.0169. The van der Waals surface area contributed by atoms with Gasteiger partial charge in [0.25, 0.3) is 0 Å². The molecule has 2 aromatic rings. The van der Waals surface area contributed by atoms with Gasteiger partial charge in [-0.2, -0.15) is 13.2 Å². The fourth-order valence-corrected chi connectivity index (χ4v) is 5.94. The second kappa shape index (κ2) is 11.0. The maximum Gasteiger partial charge on any atom is 0.422 e. The van der Waals surface area contributed by atoms with Gasteiger partial charge in [-0.1, -0.05) is 18.2 Å². The lowest BCUT2D eigenvalue weighted by Crippen LogP contribution is -2.19. The zero-order valence-corrected chi connectivity index (χ0v) is 18.7. The molecule has 0 spiro atoms. The van der Waals surface area contributed by atoms with Gasteiger partial charge >= 0.3 is 6.18 Å². The van der Waals surface area contributed by atoms with Crippen molar-refractivity contribution in [3.8, 4) is 11.5 Å². The number of hydrogen-bond acceptors (Lipinski definition) is 5. The van der Waals surface area contributed by atoms with E-state index in [2.05, 4.69) is 11.4 Å². The SMILES string of the molecule is COc1cc(CCC(=O)Nc2cccc(C3SCCCS3)c2)ccc1OCC(F)(F)F. The summed E-state index contributed by atoms with van der Waals surface area (Å²) in [6.07, 6.45) is -2.53. The number of benzene rings is 2. The molecule has 0 aliphatic carbocycles. The predicted octanol–water partition coefficient (Wildman–Crippen LogP) is 6.08. The number of amides is 1. The third-order valence-electron chi connectivity index (χ3n) is 4.53. The van der Waals surface area contributed by atoms with Crippen LogP contribution in [0.5, 0.6) is 11.5 Å². The molecule has 1 N–H and O–H groups in total. The molecule has 4 nitrogen and oxygen atoms in total. The number of ether oxygens (including phenoxy) is 2. The lowest BCUT2D eigenvalue weighted by atomic mass is 10.1. The van der Waals surface area contributed by atoms with Gasteiger partial charge in [0.05, 0.1) is 11.7 Å². The van der Waals surface area contributed by atoms with E-state index >= 15 is 0 Å². The molecular weight excluding hydrogens is 447 g/mol. The van der Waals surface area contributed by atoms with Gasteiger partial charge in [0.1, 0.15) is 0 Å². The molecule has 1 saturated heterocycles. The van der Waals surface area contributed by atoms with E-state index < -0.39 is 12.8 Å². The largest absolute Gasteiger partial charge is 0.493 e. The molecule has 3 rings (SSSR count). The first kappa shape index (κ1) is 23.7. The van der Waals surface area contributed by atoms with E-state index in [4.69, 9.17) is 9.47 Å². The van der Waals surface area contributed by atoms with E-state index in [9.17, 15) is 18.0 Å². The van der Waals surface area contributed by atoms with Crippen molar-refractivity contribution in [3.05, 3.63) is 53.6 Å². The first-order valence-electron chi connectivity index (χ1n) is 9.83. The van der Waals surface area contributed by atoms with Gasteiger partial charge in [0, 0.05) is 12.1 Å². The van der Waals surface area contributed by atoms with Crippen molar-refractivity contribution >= 4 is 35.1 Å². The van der Waals surface area contributed by atoms with Gasteiger partial charge < -0.3 is 14.8 Å². The Kier molecular flexibility index (Phi) is 8.43. The average Bonchev–Trinajstić information content (AvgIpc) is 2.76. The maximum atomic E-state index is 12.4. The standard InChI is InChI=1S/C22H24F3NO3S2/c1-28-19-12-15(6-8-18(19)29-14-22(23,24)25)7-9-20(27)26-17-5-2-4-16(13-17)21-30-10-3-11-31-21/h2,4-6,8,12-13,21H,3,7,9-11,14H2,1H3,(H,26,27). The number of anilines is 1. The van der Waals surface area contributed by atoms with Crippen molar-refractivity contribution in [2.24, 2.45) is 0 Å². The van der Waals surface area contributed by atoms with E-state index in [-0.39, 0.29) is 23.8 Å². The van der Waals surface area contributed by atoms with E-state index in [1.165, 1.54) is 25.2 Å². The summed E-state index contributed by atoms with van der Waals surface area (Å²) in [6.45, 7) is -1.39. The number of alkyl halides is 3. The molecule has 1 amide bonds. The highest BCUT2D eigenvalue weighted by molar-refractivity contribution is 8.16. The number of rotatable bonds is 8. The van der Waals surface area contributed by atoms with Crippen molar-refractivity contribution in [2.75, 3.05) is 30.5 Å². The minimum Gasteiger partial charge on any atom is -0.493 e. The third kappa shape index (κ3) is 7.57. The predicted molar refractivity (Wildman–Crippen MR) is 120 cm³/mol. The first-order valence-corrected chi connectivity index (χ1v) is 11.9. The van der Waals surface area contributed by atoms with Crippen LogP contribution in [0.3, 0.4) is 0 Å². The van der Waals surface area contributed by atoms with Gasteiger partial charge in [-0.05, 0) is 59.7 Å². The third-order valence-corrected chi connectivity index (χ3v) is 7.54. The van der Waals surface area contributed by atoms with Crippen molar-refractivity contribution in [3.63, 3.8) is 0 Å². The Hall–Kier alpha value is -2.00. The molecule has 31 heavy (non-hydrogen) atoms. The van der Waals surface area contributed by atoms with Crippen LogP contribution in [0.25, 0.3) is 0 Å². The normalized spacial score (nSPS) is 14.8. The molecule has 168 valence electrons. The zero-order chi connectivity index (χ0) is 22.3. The van der Waals surface area contributed by atoms with Gasteiger partial charge in [0.2, 0.25) is 5.91 Å². The van der Waals surface area contributed by atoms with Crippen LogP contribution in [0.2, 0.25) is 0 Å². The summed E-state index contributed by atoms with van der Waals surface area (Å²) in [7, 11) is 1.36. The Bertz CT molecular complexity index is 887. The average molecular weight is 472 g/mol. The van der Waals surface area contributed by atoms with E-state index in [0.29, 0.717) is 11.0 Å². The molecular formula is C22H24F3NO3S2. The Morgan fingerprint density at radius 2 is 1.90 bits per heavy atom. The number of aryl methyl sites for hydroxylation is 1. The van der Waals surface area contributed by atoms with Crippen LogP contribution in [-0.4, -0.2) is 37.3 Å². The van der Waals surface area contributed by atoms with Crippen LogP contribution in [0.1, 0.15) is 28.6 Å². The Morgan fingerprint density at radius 3 is 2.61 bits per heavy atom. The van der Waals surface area contributed by atoms with Gasteiger partial charge in [-0.15, -0.1) is 23.5 Å². The molecule has 1 heterocycles. The summed E-state index contributed by atoms with van der Waals surface area (Å²) in [5.74, 6) is 2.40. The number of carbonyl (C=O) groups is 1. The molecule has 1 aliphatic heterocycles. The molecule has 0 unspecified atom stereocenters. The maximum absolute atomic E-state index is 12.4. The molecule has 1 fully saturated rings. The Balaban J connectivity index is 1.54. The van der Waals surface area contributed by atoms with E-state index in [1.807, 2.05) is 41.7 Å². The molecule has 0 saturated carbocycles. The van der Waals surface area contributed by atoms with E-state index in [0.717, 1.165) is 22.8 Å². The minimum atomic E-state index is -4.42. The highest BCUT2D eigenvalue weighted by Crippen LogP contribution is 2.44. The molecule has 0 bridgehead atoms. The van der Waals surface area contributed by atoms with Crippen molar-refractivity contribution in [1.82, 2.24) is 0 Å². The monoisotopic (exact) mass is 471 g/mol. The quantitative estimate of drug-likeness (QED) is 0.506. The van der Waals surface area contributed by atoms with E-state index in [1.54, 1.807) is 12.1 Å².